The molecule has 0 aromatic heterocycles. The first kappa shape index (κ1) is 13.3. The van der Waals surface area contributed by atoms with Gasteiger partial charge in [0.15, 0.2) is 0 Å². The topological polar surface area (TPSA) is 90.4 Å². The summed E-state index contributed by atoms with van der Waals surface area (Å²) in [5.74, 6) is 0. The highest BCUT2D eigenvalue weighted by molar-refractivity contribution is 5.64. The molecule has 1 fully saturated rings. The Bertz CT molecular complexity index is 545. The molecule has 1 aromatic carbocycles. The Morgan fingerprint density at radius 2 is 2.26 bits per heavy atom. The fourth-order valence-electron chi connectivity index (χ4n) is 2.46. The standard InChI is InChI=1S/C13H15N3O3/c1-2-5-13(17)8-15(9-13)12-4-3-11(16(18)19)6-10(12)7-14/h3-4,6,17H,2,5,8-9H2,1H3. The largest absolute Gasteiger partial charge is 0.386 e. The van der Waals surface area contributed by atoms with Gasteiger partial charge in [0.1, 0.15) is 6.07 Å². The van der Waals surface area contributed by atoms with E-state index in [0.29, 0.717) is 18.8 Å². The van der Waals surface area contributed by atoms with E-state index in [4.69, 9.17) is 5.26 Å². The molecule has 0 bridgehead atoms. The van der Waals surface area contributed by atoms with Crippen molar-refractivity contribution in [1.82, 2.24) is 0 Å². The van der Waals surface area contributed by atoms with Crippen LogP contribution in [0.15, 0.2) is 18.2 Å². The van der Waals surface area contributed by atoms with Crippen LogP contribution in [0.1, 0.15) is 25.3 Å². The summed E-state index contributed by atoms with van der Waals surface area (Å²) in [7, 11) is 0. The number of aliphatic hydroxyl groups is 1. The molecule has 0 spiro atoms. The zero-order valence-corrected chi connectivity index (χ0v) is 10.7. The number of nitro groups is 1. The van der Waals surface area contributed by atoms with Crippen LogP contribution in [-0.4, -0.2) is 28.7 Å². The Kier molecular flexibility index (Phi) is 3.40. The smallest absolute Gasteiger partial charge is 0.270 e. The molecule has 0 saturated carbocycles. The molecule has 6 nitrogen and oxygen atoms in total. The maximum Gasteiger partial charge on any atom is 0.270 e. The number of rotatable bonds is 4. The maximum absolute atomic E-state index is 10.7. The van der Waals surface area contributed by atoms with Gasteiger partial charge in [0, 0.05) is 25.2 Å². The summed E-state index contributed by atoms with van der Waals surface area (Å²) in [6, 6.07) is 6.20. The van der Waals surface area contributed by atoms with Gasteiger partial charge in [-0.3, -0.25) is 10.1 Å². The summed E-state index contributed by atoms with van der Waals surface area (Å²) in [5, 5.41) is 29.8. The van der Waals surface area contributed by atoms with E-state index in [9.17, 15) is 15.2 Å². The van der Waals surface area contributed by atoms with Crippen molar-refractivity contribution in [1.29, 1.82) is 5.26 Å². The molecule has 0 radical (unpaired) electrons. The lowest BCUT2D eigenvalue weighted by Gasteiger charge is -2.48. The number of nitriles is 1. The number of hydrogen-bond acceptors (Lipinski definition) is 5. The number of β-amino-alcohol motifs (C(OH)–C–C–N with tert-alkyl or cyclic N) is 1. The average Bonchev–Trinajstić information content (AvgIpc) is 2.35. The van der Waals surface area contributed by atoms with E-state index < -0.39 is 10.5 Å². The predicted octanol–water partition coefficient (Wildman–Crippen LogP) is 1.82. The fraction of sp³-hybridized carbons (Fsp3) is 0.462. The molecule has 0 aliphatic carbocycles. The van der Waals surface area contributed by atoms with E-state index in [1.807, 2.05) is 17.9 Å². The van der Waals surface area contributed by atoms with Crippen molar-refractivity contribution in [2.75, 3.05) is 18.0 Å². The molecular weight excluding hydrogens is 246 g/mol. The summed E-state index contributed by atoms with van der Waals surface area (Å²) in [6.45, 7) is 2.94. The third-order valence-corrected chi connectivity index (χ3v) is 3.34. The van der Waals surface area contributed by atoms with E-state index in [2.05, 4.69) is 0 Å². The molecule has 1 aromatic rings. The first-order valence-electron chi connectivity index (χ1n) is 6.15. The van der Waals surface area contributed by atoms with Gasteiger partial charge in [-0.1, -0.05) is 13.3 Å². The van der Waals surface area contributed by atoms with Gasteiger partial charge in [-0.15, -0.1) is 0 Å². The minimum absolute atomic E-state index is 0.0929. The van der Waals surface area contributed by atoms with Gasteiger partial charge in [0.05, 0.1) is 21.8 Å². The van der Waals surface area contributed by atoms with Gasteiger partial charge in [0.25, 0.3) is 5.69 Å². The summed E-state index contributed by atoms with van der Waals surface area (Å²) >= 11 is 0. The number of hydrogen-bond donors (Lipinski definition) is 1. The molecule has 1 saturated heterocycles. The van der Waals surface area contributed by atoms with Crippen LogP contribution in [0.5, 0.6) is 0 Å². The molecule has 1 N–H and O–H groups in total. The highest BCUT2D eigenvalue weighted by Gasteiger charge is 2.41. The quantitative estimate of drug-likeness (QED) is 0.659. The molecule has 1 heterocycles. The Hall–Kier alpha value is -2.13. The number of non-ortho nitro benzene ring substituents is 1. The zero-order valence-electron chi connectivity index (χ0n) is 10.7. The third-order valence-electron chi connectivity index (χ3n) is 3.34. The van der Waals surface area contributed by atoms with Crippen molar-refractivity contribution in [2.24, 2.45) is 0 Å². The SMILES string of the molecule is CCCC1(O)CN(c2ccc([N+](=O)[O-])cc2C#N)C1. The van der Waals surface area contributed by atoms with Crippen molar-refractivity contribution in [3.8, 4) is 6.07 Å². The molecular formula is C13H15N3O3. The monoisotopic (exact) mass is 261 g/mol. The lowest BCUT2D eigenvalue weighted by molar-refractivity contribution is -0.384. The molecule has 6 heteroatoms. The normalized spacial score (nSPS) is 16.6. The van der Waals surface area contributed by atoms with Crippen molar-refractivity contribution in [2.45, 2.75) is 25.4 Å². The number of benzene rings is 1. The van der Waals surface area contributed by atoms with Gasteiger partial charge in [-0.05, 0) is 12.5 Å². The molecule has 19 heavy (non-hydrogen) atoms. The van der Waals surface area contributed by atoms with Crippen molar-refractivity contribution >= 4 is 11.4 Å². The Balaban J connectivity index is 2.19. The minimum atomic E-state index is -0.691. The second kappa shape index (κ2) is 4.86. The lowest BCUT2D eigenvalue weighted by atomic mass is 9.88. The van der Waals surface area contributed by atoms with Gasteiger partial charge < -0.3 is 10.0 Å². The van der Waals surface area contributed by atoms with Crippen LogP contribution in [0.2, 0.25) is 0 Å². The highest BCUT2D eigenvalue weighted by atomic mass is 16.6. The van der Waals surface area contributed by atoms with Gasteiger partial charge in [0.2, 0.25) is 0 Å². The average molecular weight is 261 g/mol. The third kappa shape index (κ3) is 2.51. The van der Waals surface area contributed by atoms with Crippen LogP contribution in [0.3, 0.4) is 0 Å². The van der Waals surface area contributed by atoms with Crippen LogP contribution in [0.25, 0.3) is 0 Å². The maximum atomic E-state index is 10.7. The molecule has 2 rings (SSSR count). The number of nitro benzene ring substituents is 1. The molecule has 0 atom stereocenters. The summed E-state index contributed by atoms with van der Waals surface area (Å²) in [6.07, 6.45) is 1.62. The number of nitrogens with zero attached hydrogens (tertiary/aromatic N) is 3. The molecule has 0 unspecified atom stereocenters. The van der Waals surface area contributed by atoms with Gasteiger partial charge in [-0.2, -0.15) is 5.26 Å². The van der Waals surface area contributed by atoms with E-state index >= 15 is 0 Å². The molecule has 1 aliphatic heterocycles. The summed E-state index contributed by atoms with van der Waals surface area (Å²) in [4.78, 5) is 12.0. The Morgan fingerprint density at radius 3 is 2.79 bits per heavy atom. The molecule has 0 amide bonds. The van der Waals surface area contributed by atoms with Crippen LogP contribution in [0.4, 0.5) is 11.4 Å². The minimum Gasteiger partial charge on any atom is -0.386 e. The van der Waals surface area contributed by atoms with Crippen LogP contribution in [-0.2, 0) is 0 Å². The first-order chi connectivity index (χ1) is 8.99. The highest BCUT2D eigenvalue weighted by Crippen LogP contribution is 2.34. The molecule has 100 valence electrons. The van der Waals surface area contributed by atoms with E-state index in [-0.39, 0.29) is 11.3 Å². The van der Waals surface area contributed by atoms with Crippen molar-refractivity contribution in [3.63, 3.8) is 0 Å². The van der Waals surface area contributed by atoms with Gasteiger partial charge in [-0.25, -0.2) is 0 Å². The van der Waals surface area contributed by atoms with Crippen molar-refractivity contribution in [3.05, 3.63) is 33.9 Å². The Morgan fingerprint density at radius 1 is 1.58 bits per heavy atom. The second-order valence-corrected chi connectivity index (χ2v) is 4.90. The summed E-state index contributed by atoms with van der Waals surface area (Å²) < 4.78 is 0. The summed E-state index contributed by atoms with van der Waals surface area (Å²) in [5.41, 5.74) is 0.134. The van der Waals surface area contributed by atoms with Gasteiger partial charge >= 0.3 is 0 Å². The predicted molar refractivity (Wildman–Crippen MR) is 69.9 cm³/mol. The first-order valence-corrected chi connectivity index (χ1v) is 6.15. The Labute approximate surface area is 111 Å². The zero-order chi connectivity index (χ0) is 14.0. The number of anilines is 1. The van der Waals surface area contributed by atoms with E-state index in [0.717, 1.165) is 12.8 Å². The van der Waals surface area contributed by atoms with Crippen LogP contribution < -0.4 is 4.90 Å². The van der Waals surface area contributed by atoms with E-state index in [1.165, 1.54) is 12.1 Å². The lowest BCUT2D eigenvalue weighted by Crippen LogP contribution is -2.62. The van der Waals surface area contributed by atoms with Crippen LogP contribution in [0, 0.1) is 21.4 Å². The second-order valence-electron chi connectivity index (χ2n) is 4.90. The fourth-order valence-corrected chi connectivity index (χ4v) is 2.46. The van der Waals surface area contributed by atoms with E-state index in [1.54, 1.807) is 6.07 Å². The van der Waals surface area contributed by atoms with Crippen LogP contribution >= 0.6 is 0 Å². The van der Waals surface area contributed by atoms with Crippen molar-refractivity contribution < 1.29 is 10.0 Å². The molecule has 1 aliphatic rings.